The Bertz CT molecular complexity index is 210. The standard InChI is InChI=1S/C8H13NO3/c1-8(12)3-5-9(6-8)4-2-7(10)11/h2,4,12H,3,5-6H2,1H3,(H,10,11)/b4-2+. The number of carboxylic acids is 1. The number of hydrogen-bond donors (Lipinski definition) is 2. The van der Waals surface area contributed by atoms with Gasteiger partial charge in [-0.3, -0.25) is 0 Å². The smallest absolute Gasteiger partial charge is 0.329 e. The Morgan fingerprint density at radius 3 is 2.75 bits per heavy atom. The molecule has 0 aromatic carbocycles. The first-order chi connectivity index (χ1) is 5.49. The average Bonchev–Trinajstić information content (AvgIpc) is 2.26. The molecule has 0 amide bonds. The molecular formula is C8H13NO3. The summed E-state index contributed by atoms with van der Waals surface area (Å²) in [5, 5.41) is 17.8. The average molecular weight is 171 g/mol. The topological polar surface area (TPSA) is 60.8 Å². The van der Waals surface area contributed by atoms with Crippen molar-refractivity contribution >= 4 is 5.97 Å². The summed E-state index contributed by atoms with van der Waals surface area (Å²) in [5.74, 6) is -0.957. The first kappa shape index (κ1) is 9.06. The van der Waals surface area contributed by atoms with E-state index in [-0.39, 0.29) is 0 Å². The van der Waals surface area contributed by atoms with E-state index in [2.05, 4.69) is 0 Å². The molecule has 0 aromatic heterocycles. The van der Waals surface area contributed by atoms with Crippen LogP contribution in [0.15, 0.2) is 12.3 Å². The Labute approximate surface area is 71.1 Å². The molecule has 0 bridgehead atoms. The van der Waals surface area contributed by atoms with Gasteiger partial charge < -0.3 is 15.1 Å². The third-order valence-electron chi connectivity index (χ3n) is 1.91. The van der Waals surface area contributed by atoms with Crippen molar-refractivity contribution in [2.24, 2.45) is 0 Å². The second-order valence-corrected chi connectivity index (χ2v) is 3.37. The van der Waals surface area contributed by atoms with Gasteiger partial charge in [0, 0.05) is 25.4 Å². The van der Waals surface area contributed by atoms with Gasteiger partial charge >= 0.3 is 5.97 Å². The number of carbonyl (C=O) groups is 1. The molecule has 0 radical (unpaired) electrons. The zero-order valence-electron chi connectivity index (χ0n) is 7.03. The van der Waals surface area contributed by atoms with Gasteiger partial charge in [0.1, 0.15) is 0 Å². The summed E-state index contributed by atoms with van der Waals surface area (Å²) in [6.07, 6.45) is 3.28. The molecule has 0 spiro atoms. The minimum atomic E-state index is -0.957. The van der Waals surface area contributed by atoms with Crippen LogP contribution in [0.1, 0.15) is 13.3 Å². The fourth-order valence-electron chi connectivity index (χ4n) is 1.28. The molecule has 68 valence electrons. The molecule has 1 heterocycles. The molecule has 1 rings (SSSR count). The van der Waals surface area contributed by atoms with Gasteiger partial charge in [-0.15, -0.1) is 0 Å². The summed E-state index contributed by atoms with van der Waals surface area (Å²) in [5.41, 5.74) is -0.664. The number of aliphatic hydroxyl groups is 1. The van der Waals surface area contributed by atoms with E-state index in [4.69, 9.17) is 5.11 Å². The number of β-amino-alcohol motifs (C(OH)–C–C–N with tert-alkyl or cyclic N) is 1. The van der Waals surface area contributed by atoms with Crippen molar-refractivity contribution < 1.29 is 15.0 Å². The number of hydrogen-bond acceptors (Lipinski definition) is 3. The molecule has 0 saturated carbocycles. The lowest BCUT2D eigenvalue weighted by Crippen LogP contribution is -2.27. The van der Waals surface area contributed by atoms with Crippen molar-refractivity contribution in [2.45, 2.75) is 18.9 Å². The molecule has 1 fully saturated rings. The summed E-state index contributed by atoms with van der Waals surface area (Å²) in [4.78, 5) is 11.9. The molecule has 0 aromatic rings. The predicted octanol–water partition coefficient (Wildman–Crippen LogP) is 0.0414. The first-order valence-corrected chi connectivity index (χ1v) is 3.87. The van der Waals surface area contributed by atoms with Crippen LogP contribution in [0.5, 0.6) is 0 Å². The van der Waals surface area contributed by atoms with E-state index in [1.54, 1.807) is 11.8 Å². The zero-order chi connectivity index (χ0) is 9.19. The van der Waals surface area contributed by atoms with E-state index < -0.39 is 11.6 Å². The number of aliphatic carboxylic acids is 1. The van der Waals surface area contributed by atoms with Crippen LogP contribution in [-0.4, -0.2) is 39.8 Å². The SMILES string of the molecule is CC1(O)CCN(/C=C/C(=O)O)C1. The Hall–Kier alpha value is -1.03. The highest BCUT2D eigenvalue weighted by molar-refractivity contribution is 5.79. The van der Waals surface area contributed by atoms with Crippen molar-refractivity contribution in [1.29, 1.82) is 0 Å². The molecule has 4 nitrogen and oxygen atoms in total. The fraction of sp³-hybridized carbons (Fsp3) is 0.625. The minimum absolute atomic E-state index is 0.511. The second-order valence-electron chi connectivity index (χ2n) is 3.37. The minimum Gasteiger partial charge on any atom is -0.478 e. The zero-order valence-corrected chi connectivity index (χ0v) is 7.03. The van der Waals surface area contributed by atoms with Crippen LogP contribution in [0.3, 0.4) is 0 Å². The van der Waals surface area contributed by atoms with E-state index in [0.29, 0.717) is 13.0 Å². The lowest BCUT2D eigenvalue weighted by Gasteiger charge is -2.16. The molecule has 1 unspecified atom stereocenters. The lowest BCUT2D eigenvalue weighted by molar-refractivity contribution is -0.131. The lowest BCUT2D eigenvalue weighted by atomic mass is 10.1. The largest absolute Gasteiger partial charge is 0.478 e. The fourth-order valence-corrected chi connectivity index (χ4v) is 1.28. The van der Waals surface area contributed by atoms with Crippen LogP contribution in [0.2, 0.25) is 0 Å². The van der Waals surface area contributed by atoms with Gasteiger partial charge in [-0.1, -0.05) is 0 Å². The summed E-state index contributed by atoms with van der Waals surface area (Å²) in [7, 11) is 0. The molecule has 1 aliphatic rings. The molecular weight excluding hydrogens is 158 g/mol. The normalized spacial score (nSPS) is 30.0. The van der Waals surface area contributed by atoms with E-state index in [1.807, 2.05) is 0 Å². The third-order valence-corrected chi connectivity index (χ3v) is 1.91. The third kappa shape index (κ3) is 2.54. The van der Waals surface area contributed by atoms with Gasteiger partial charge in [0.15, 0.2) is 0 Å². The van der Waals surface area contributed by atoms with Crippen molar-refractivity contribution in [3.05, 3.63) is 12.3 Å². The maximum atomic E-state index is 10.1. The Morgan fingerprint density at radius 1 is 1.67 bits per heavy atom. The number of carboxylic acid groups (broad SMARTS) is 1. The van der Waals surface area contributed by atoms with Gasteiger partial charge in [-0.05, 0) is 13.3 Å². The first-order valence-electron chi connectivity index (χ1n) is 3.87. The van der Waals surface area contributed by atoms with E-state index >= 15 is 0 Å². The number of rotatable bonds is 2. The van der Waals surface area contributed by atoms with Gasteiger partial charge in [0.2, 0.25) is 0 Å². The quantitative estimate of drug-likeness (QED) is 0.576. The Balaban J connectivity index is 2.43. The molecule has 1 saturated heterocycles. The Kier molecular flexibility index (Phi) is 2.38. The van der Waals surface area contributed by atoms with Crippen molar-refractivity contribution in [3.63, 3.8) is 0 Å². The molecule has 0 aliphatic carbocycles. The van der Waals surface area contributed by atoms with Gasteiger partial charge in [-0.2, -0.15) is 0 Å². The molecule has 1 atom stereocenters. The van der Waals surface area contributed by atoms with Crippen molar-refractivity contribution in [3.8, 4) is 0 Å². The van der Waals surface area contributed by atoms with Gasteiger partial charge in [-0.25, -0.2) is 4.79 Å². The van der Waals surface area contributed by atoms with E-state index in [0.717, 1.165) is 12.6 Å². The summed E-state index contributed by atoms with van der Waals surface area (Å²) >= 11 is 0. The highest BCUT2D eigenvalue weighted by Crippen LogP contribution is 2.19. The number of likely N-dealkylation sites (tertiary alicyclic amines) is 1. The van der Waals surface area contributed by atoms with Crippen LogP contribution >= 0.6 is 0 Å². The molecule has 1 aliphatic heterocycles. The summed E-state index contributed by atoms with van der Waals surface area (Å²) in [6, 6.07) is 0. The maximum absolute atomic E-state index is 10.1. The van der Waals surface area contributed by atoms with Crippen LogP contribution < -0.4 is 0 Å². The summed E-state index contributed by atoms with van der Waals surface area (Å²) < 4.78 is 0. The van der Waals surface area contributed by atoms with Crippen LogP contribution in [0.25, 0.3) is 0 Å². The Morgan fingerprint density at radius 2 is 2.33 bits per heavy atom. The van der Waals surface area contributed by atoms with Crippen molar-refractivity contribution in [1.82, 2.24) is 4.90 Å². The molecule has 4 heteroatoms. The van der Waals surface area contributed by atoms with Gasteiger partial charge in [0.05, 0.1) is 5.60 Å². The van der Waals surface area contributed by atoms with Gasteiger partial charge in [0.25, 0.3) is 0 Å². The maximum Gasteiger partial charge on any atom is 0.329 e. The monoisotopic (exact) mass is 171 g/mol. The highest BCUT2D eigenvalue weighted by atomic mass is 16.4. The van der Waals surface area contributed by atoms with E-state index in [9.17, 15) is 9.90 Å². The summed E-state index contributed by atoms with van der Waals surface area (Å²) in [6.45, 7) is 2.98. The van der Waals surface area contributed by atoms with Crippen LogP contribution in [-0.2, 0) is 4.79 Å². The van der Waals surface area contributed by atoms with Crippen LogP contribution in [0.4, 0.5) is 0 Å². The predicted molar refractivity (Wildman–Crippen MR) is 43.6 cm³/mol. The highest BCUT2D eigenvalue weighted by Gasteiger charge is 2.29. The molecule has 2 N–H and O–H groups in total. The van der Waals surface area contributed by atoms with E-state index in [1.165, 1.54) is 6.20 Å². The number of nitrogens with zero attached hydrogens (tertiary/aromatic N) is 1. The van der Waals surface area contributed by atoms with Crippen LogP contribution in [0, 0.1) is 0 Å². The molecule has 12 heavy (non-hydrogen) atoms. The van der Waals surface area contributed by atoms with Crippen molar-refractivity contribution in [2.75, 3.05) is 13.1 Å². The second kappa shape index (κ2) is 3.15.